The van der Waals surface area contributed by atoms with Gasteiger partial charge in [-0.1, -0.05) is 17.8 Å². The Kier molecular flexibility index (Phi) is 3.74. The second kappa shape index (κ2) is 5.27. The van der Waals surface area contributed by atoms with Gasteiger partial charge in [-0.05, 0) is 6.92 Å². The van der Waals surface area contributed by atoms with Gasteiger partial charge in [-0.3, -0.25) is 0 Å². The Morgan fingerprint density at radius 2 is 2.44 bits per heavy atom. The first kappa shape index (κ1) is 11.3. The summed E-state index contributed by atoms with van der Waals surface area (Å²) in [6.07, 6.45) is 2.41. The summed E-state index contributed by atoms with van der Waals surface area (Å²) in [7, 11) is 0. The number of rotatable bonds is 5. The van der Waals surface area contributed by atoms with E-state index in [-0.39, 0.29) is 0 Å². The van der Waals surface area contributed by atoms with E-state index in [0.29, 0.717) is 17.5 Å². The monoisotopic (exact) mass is 253 g/mol. The molecule has 2 rings (SSSR count). The van der Waals surface area contributed by atoms with Crippen LogP contribution in [0.4, 0.5) is 0 Å². The molecule has 6 heteroatoms. The van der Waals surface area contributed by atoms with Crippen molar-refractivity contribution in [3.8, 4) is 0 Å². The highest BCUT2D eigenvalue weighted by Gasteiger charge is 2.08. The van der Waals surface area contributed by atoms with Gasteiger partial charge < -0.3 is 4.42 Å². The predicted octanol–water partition coefficient (Wildman–Crippen LogP) is 2.70. The molecule has 0 amide bonds. The first-order chi connectivity index (χ1) is 7.78. The summed E-state index contributed by atoms with van der Waals surface area (Å²) in [5, 5.41) is 11.5. The van der Waals surface area contributed by atoms with Crippen LogP contribution in [0.2, 0.25) is 0 Å². The van der Waals surface area contributed by atoms with E-state index in [0.717, 1.165) is 16.5 Å². The van der Waals surface area contributed by atoms with Crippen molar-refractivity contribution in [2.24, 2.45) is 0 Å². The Morgan fingerprint density at radius 1 is 1.56 bits per heavy atom. The molecule has 0 radical (unpaired) electrons. The second-order valence-corrected chi connectivity index (χ2v) is 5.13. The minimum absolute atomic E-state index is 0.585. The molecule has 0 fully saturated rings. The third-order valence-corrected chi connectivity index (χ3v) is 3.41. The quantitative estimate of drug-likeness (QED) is 0.605. The molecule has 0 unspecified atom stereocenters. The lowest BCUT2D eigenvalue weighted by atomic mass is 10.3. The minimum atomic E-state index is 0.585. The largest absolute Gasteiger partial charge is 0.416 e. The molecule has 2 aromatic rings. The van der Waals surface area contributed by atoms with Crippen LogP contribution < -0.4 is 0 Å². The van der Waals surface area contributed by atoms with Gasteiger partial charge in [-0.2, -0.15) is 0 Å². The van der Waals surface area contributed by atoms with E-state index in [9.17, 15) is 0 Å². The van der Waals surface area contributed by atoms with Gasteiger partial charge in [0, 0.05) is 11.1 Å². The van der Waals surface area contributed by atoms with E-state index in [1.165, 1.54) is 11.8 Å². The molecule has 0 saturated carbocycles. The summed E-state index contributed by atoms with van der Waals surface area (Å²) in [5.74, 6) is 1.38. The van der Waals surface area contributed by atoms with Crippen LogP contribution >= 0.6 is 23.1 Å². The van der Waals surface area contributed by atoms with Crippen LogP contribution in [0.25, 0.3) is 0 Å². The van der Waals surface area contributed by atoms with Gasteiger partial charge in [-0.25, -0.2) is 4.98 Å². The van der Waals surface area contributed by atoms with Crippen molar-refractivity contribution >= 4 is 23.1 Å². The van der Waals surface area contributed by atoms with E-state index >= 15 is 0 Å². The van der Waals surface area contributed by atoms with Crippen LogP contribution in [-0.2, 0) is 6.42 Å². The molecule has 84 valence electrons. The molecule has 0 aliphatic heterocycles. The van der Waals surface area contributed by atoms with Crippen LogP contribution in [0, 0.1) is 6.92 Å². The fraction of sp³-hybridized carbons (Fsp3) is 0.300. The molecule has 0 bridgehead atoms. The summed E-state index contributed by atoms with van der Waals surface area (Å²) >= 11 is 3.11. The van der Waals surface area contributed by atoms with Gasteiger partial charge in [0.05, 0.1) is 17.1 Å². The average molecular weight is 253 g/mol. The normalized spacial score (nSPS) is 10.6. The number of hydrogen-bond donors (Lipinski definition) is 0. The van der Waals surface area contributed by atoms with E-state index in [1.807, 2.05) is 12.3 Å². The van der Waals surface area contributed by atoms with Crippen LogP contribution in [0.1, 0.15) is 16.6 Å². The standard InChI is InChI=1S/C10H11N3OS2/c1-3-4-15-10-13-12-9(14-10)5-8-6-16-7(2)11-8/h3,6H,1,4-5H2,2H3. The smallest absolute Gasteiger partial charge is 0.276 e. The molecule has 0 N–H and O–H groups in total. The summed E-state index contributed by atoms with van der Waals surface area (Å²) in [4.78, 5) is 4.35. The van der Waals surface area contributed by atoms with Crippen molar-refractivity contribution in [3.63, 3.8) is 0 Å². The highest BCUT2D eigenvalue weighted by molar-refractivity contribution is 7.99. The molecule has 0 aromatic carbocycles. The second-order valence-electron chi connectivity index (χ2n) is 3.10. The maximum absolute atomic E-state index is 5.46. The number of nitrogens with zero attached hydrogens (tertiary/aromatic N) is 3. The Balaban J connectivity index is 1.99. The summed E-state index contributed by atoms with van der Waals surface area (Å²) in [6, 6.07) is 0. The lowest BCUT2D eigenvalue weighted by Gasteiger charge is -1.89. The summed E-state index contributed by atoms with van der Waals surface area (Å²) in [6.45, 7) is 5.61. The summed E-state index contributed by atoms with van der Waals surface area (Å²) in [5.41, 5.74) is 0.978. The molecule has 16 heavy (non-hydrogen) atoms. The third kappa shape index (κ3) is 2.93. The van der Waals surface area contributed by atoms with Gasteiger partial charge in [0.2, 0.25) is 5.89 Å². The number of aromatic nitrogens is 3. The zero-order valence-electron chi connectivity index (χ0n) is 8.84. The van der Waals surface area contributed by atoms with Crippen molar-refractivity contribution in [1.82, 2.24) is 15.2 Å². The highest BCUT2D eigenvalue weighted by atomic mass is 32.2. The van der Waals surface area contributed by atoms with E-state index in [1.54, 1.807) is 17.4 Å². The Hall–Kier alpha value is -1.14. The molecule has 2 heterocycles. The number of thiazole rings is 1. The van der Waals surface area contributed by atoms with Gasteiger partial charge in [0.15, 0.2) is 0 Å². The number of hydrogen-bond acceptors (Lipinski definition) is 6. The molecule has 4 nitrogen and oxygen atoms in total. The maximum Gasteiger partial charge on any atom is 0.276 e. The van der Waals surface area contributed by atoms with Crippen molar-refractivity contribution in [2.45, 2.75) is 18.6 Å². The Morgan fingerprint density at radius 3 is 3.12 bits per heavy atom. The minimum Gasteiger partial charge on any atom is -0.416 e. The van der Waals surface area contributed by atoms with Crippen molar-refractivity contribution in [1.29, 1.82) is 0 Å². The highest BCUT2D eigenvalue weighted by Crippen LogP contribution is 2.18. The Labute approximate surface area is 102 Å². The molecule has 0 saturated heterocycles. The van der Waals surface area contributed by atoms with Crippen molar-refractivity contribution in [2.75, 3.05) is 5.75 Å². The zero-order chi connectivity index (χ0) is 11.4. The fourth-order valence-electron chi connectivity index (χ4n) is 1.14. The lowest BCUT2D eigenvalue weighted by Crippen LogP contribution is -1.88. The number of thioether (sulfide) groups is 1. The Bertz CT molecular complexity index is 478. The molecular weight excluding hydrogens is 242 g/mol. The van der Waals surface area contributed by atoms with Gasteiger partial charge in [-0.15, -0.1) is 28.1 Å². The maximum atomic E-state index is 5.46. The molecule has 2 aromatic heterocycles. The van der Waals surface area contributed by atoms with Crippen LogP contribution in [0.5, 0.6) is 0 Å². The molecule has 0 aliphatic carbocycles. The third-order valence-electron chi connectivity index (χ3n) is 1.77. The van der Waals surface area contributed by atoms with Crippen LogP contribution in [0.3, 0.4) is 0 Å². The van der Waals surface area contributed by atoms with Crippen LogP contribution in [-0.4, -0.2) is 20.9 Å². The van der Waals surface area contributed by atoms with Crippen molar-refractivity contribution in [3.05, 3.63) is 34.6 Å². The molecule has 0 spiro atoms. The number of aryl methyl sites for hydroxylation is 1. The van der Waals surface area contributed by atoms with Crippen LogP contribution in [0.15, 0.2) is 27.7 Å². The van der Waals surface area contributed by atoms with Gasteiger partial charge >= 0.3 is 0 Å². The van der Waals surface area contributed by atoms with E-state index < -0.39 is 0 Å². The first-order valence-corrected chi connectivity index (χ1v) is 6.61. The SMILES string of the molecule is C=CCSc1nnc(Cc2csc(C)n2)o1. The predicted molar refractivity (Wildman–Crippen MR) is 64.9 cm³/mol. The average Bonchev–Trinajstić information content (AvgIpc) is 2.86. The molecular formula is C10H11N3OS2. The lowest BCUT2D eigenvalue weighted by molar-refractivity contribution is 0.420. The summed E-state index contributed by atoms with van der Waals surface area (Å²) < 4.78 is 5.46. The topological polar surface area (TPSA) is 51.8 Å². The van der Waals surface area contributed by atoms with Gasteiger partial charge in [0.25, 0.3) is 5.22 Å². The van der Waals surface area contributed by atoms with E-state index in [2.05, 4.69) is 21.8 Å². The molecule has 0 aliphatic rings. The van der Waals surface area contributed by atoms with Crippen molar-refractivity contribution < 1.29 is 4.42 Å². The fourth-order valence-corrected chi connectivity index (χ4v) is 2.27. The van der Waals surface area contributed by atoms with E-state index in [4.69, 9.17) is 4.42 Å². The zero-order valence-corrected chi connectivity index (χ0v) is 10.5. The van der Waals surface area contributed by atoms with Gasteiger partial charge in [0.1, 0.15) is 0 Å². The first-order valence-electron chi connectivity index (χ1n) is 4.75. The molecule has 0 atom stereocenters.